The summed E-state index contributed by atoms with van der Waals surface area (Å²) in [5.74, 6) is -0.557. The number of amides is 3. The van der Waals surface area contributed by atoms with Crippen molar-refractivity contribution < 1.29 is 28.7 Å². The molecule has 2 saturated heterocycles. The lowest BCUT2D eigenvalue weighted by Gasteiger charge is -2.32. The molecular weight excluding hydrogens is 453 g/mol. The summed E-state index contributed by atoms with van der Waals surface area (Å²) in [6, 6.07) is 12.2. The molecule has 3 aliphatic heterocycles. The van der Waals surface area contributed by atoms with Crippen LogP contribution >= 0.6 is 0 Å². The lowest BCUT2D eigenvalue weighted by Crippen LogP contribution is -2.52. The molecule has 9 heteroatoms. The predicted octanol–water partition coefficient (Wildman–Crippen LogP) is 2.67. The summed E-state index contributed by atoms with van der Waals surface area (Å²) in [6.07, 6.45) is 2.71. The second kappa shape index (κ2) is 10.8. The van der Waals surface area contributed by atoms with Crippen LogP contribution < -0.4 is 5.32 Å². The van der Waals surface area contributed by atoms with Gasteiger partial charge in [-0.15, -0.1) is 0 Å². The molecule has 0 saturated carbocycles. The minimum absolute atomic E-state index is 0.129. The monoisotopic (exact) mass is 481 g/mol. The molecule has 0 spiro atoms. The van der Waals surface area contributed by atoms with E-state index >= 15 is 0 Å². The van der Waals surface area contributed by atoms with Gasteiger partial charge in [0.15, 0.2) is 0 Å². The van der Waals surface area contributed by atoms with Gasteiger partial charge in [0.25, 0.3) is 12.4 Å². The number of carbonyl (C=O) groups excluding carboxylic acids is 3. The number of likely N-dealkylation sites (tertiary alicyclic amines) is 1. The van der Waals surface area contributed by atoms with Crippen LogP contribution in [0.2, 0.25) is 0 Å². The Balaban J connectivity index is 0.000000917. The molecule has 2 fully saturated rings. The first-order valence-electron chi connectivity index (χ1n) is 11.7. The minimum Gasteiger partial charge on any atom is -0.483 e. The Labute approximate surface area is 202 Å². The molecule has 3 amide bonds. The summed E-state index contributed by atoms with van der Waals surface area (Å²) in [5.41, 5.74) is 3.98. The number of piperidine rings is 2. The first kappa shape index (κ1) is 24.5. The minimum atomic E-state index is -0.578. The van der Waals surface area contributed by atoms with Crippen LogP contribution in [-0.4, -0.2) is 58.2 Å². The molecule has 2 aromatic carbocycles. The summed E-state index contributed by atoms with van der Waals surface area (Å²) < 4.78 is 13.1. The van der Waals surface area contributed by atoms with Gasteiger partial charge >= 0.3 is 0 Å². The summed E-state index contributed by atoms with van der Waals surface area (Å²) in [6.45, 7) is 2.94. The van der Waals surface area contributed by atoms with Crippen molar-refractivity contribution in [3.05, 3.63) is 70.5 Å². The van der Waals surface area contributed by atoms with E-state index in [1.807, 2.05) is 24.3 Å². The van der Waals surface area contributed by atoms with Crippen molar-refractivity contribution >= 4 is 24.2 Å². The zero-order valence-electron chi connectivity index (χ0n) is 19.3. The number of carboxylic acid groups (broad SMARTS) is 1. The van der Waals surface area contributed by atoms with E-state index in [-0.39, 0.29) is 36.4 Å². The number of nitrogens with zero attached hydrogens (tertiary/aromatic N) is 2. The number of imide groups is 1. The zero-order valence-corrected chi connectivity index (χ0v) is 19.3. The maximum atomic E-state index is 13.1. The van der Waals surface area contributed by atoms with Crippen molar-refractivity contribution in [1.29, 1.82) is 0 Å². The number of rotatable bonds is 4. The molecule has 0 aliphatic carbocycles. The van der Waals surface area contributed by atoms with E-state index in [1.165, 1.54) is 17.7 Å². The Morgan fingerprint density at radius 1 is 1.03 bits per heavy atom. The Hall–Kier alpha value is -3.59. The van der Waals surface area contributed by atoms with E-state index in [2.05, 4.69) is 16.3 Å². The molecule has 0 bridgehead atoms. The molecule has 0 aromatic heterocycles. The smallest absolute Gasteiger partial charge is 0.290 e. The third kappa shape index (κ3) is 5.57. The number of nitrogens with one attached hydrogen (secondary N) is 1. The highest BCUT2D eigenvalue weighted by atomic mass is 19.1. The van der Waals surface area contributed by atoms with E-state index in [4.69, 9.17) is 9.90 Å². The number of halogens is 1. The molecule has 2 aromatic rings. The number of fused-ring (bicyclic) bond motifs is 1. The average Bonchev–Trinajstić information content (AvgIpc) is 3.17. The highest BCUT2D eigenvalue weighted by Crippen LogP contribution is 2.33. The molecule has 184 valence electrons. The van der Waals surface area contributed by atoms with Crippen molar-refractivity contribution in [2.24, 2.45) is 0 Å². The van der Waals surface area contributed by atoms with E-state index in [0.29, 0.717) is 24.4 Å². The quantitative estimate of drug-likeness (QED) is 0.514. The maximum absolute atomic E-state index is 13.1. The molecule has 5 rings (SSSR count). The Bertz CT molecular complexity index is 1110. The van der Waals surface area contributed by atoms with E-state index < -0.39 is 6.04 Å². The van der Waals surface area contributed by atoms with Gasteiger partial charge in [0.2, 0.25) is 11.8 Å². The standard InChI is InChI=1S/C25H26FN3O3.CH2O2/c26-20-4-1-16(2-5-20)14-28-11-9-17(10-12-28)18-3-6-21-19(13-18)15-29(25(21)32)22-7-8-23(30)27-24(22)31;2-1-3/h1-6,13,17,22H,7-12,14-15H2,(H,27,30,31);1H,(H,2,3). The van der Waals surface area contributed by atoms with Gasteiger partial charge in [-0.25, -0.2) is 4.39 Å². The predicted molar refractivity (Wildman–Crippen MR) is 125 cm³/mol. The van der Waals surface area contributed by atoms with Crippen LogP contribution in [-0.2, 0) is 27.5 Å². The van der Waals surface area contributed by atoms with E-state index in [9.17, 15) is 18.8 Å². The van der Waals surface area contributed by atoms with Gasteiger partial charge < -0.3 is 10.0 Å². The summed E-state index contributed by atoms with van der Waals surface area (Å²) in [7, 11) is 0. The highest BCUT2D eigenvalue weighted by molar-refractivity contribution is 6.05. The Morgan fingerprint density at radius 3 is 2.37 bits per heavy atom. The van der Waals surface area contributed by atoms with Crippen molar-refractivity contribution in [3.8, 4) is 0 Å². The van der Waals surface area contributed by atoms with Crippen molar-refractivity contribution in [1.82, 2.24) is 15.1 Å². The van der Waals surface area contributed by atoms with Crippen molar-refractivity contribution in [2.75, 3.05) is 13.1 Å². The zero-order chi connectivity index (χ0) is 24.9. The molecule has 2 N–H and O–H groups in total. The molecule has 1 atom stereocenters. The topological polar surface area (TPSA) is 107 Å². The number of benzene rings is 2. The molecule has 8 nitrogen and oxygen atoms in total. The van der Waals surface area contributed by atoms with Crippen LogP contribution in [0.5, 0.6) is 0 Å². The van der Waals surface area contributed by atoms with E-state index in [1.54, 1.807) is 4.90 Å². The van der Waals surface area contributed by atoms with Gasteiger partial charge in [0.05, 0.1) is 0 Å². The fourth-order valence-electron chi connectivity index (χ4n) is 5.12. The van der Waals surface area contributed by atoms with Gasteiger partial charge in [-0.2, -0.15) is 0 Å². The van der Waals surface area contributed by atoms with Crippen LogP contribution in [0.1, 0.15) is 58.6 Å². The maximum Gasteiger partial charge on any atom is 0.290 e. The summed E-state index contributed by atoms with van der Waals surface area (Å²) in [5, 5.41) is 9.23. The van der Waals surface area contributed by atoms with Crippen LogP contribution in [0.3, 0.4) is 0 Å². The third-order valence-corrected chi connectivity index (χ3v) is 6.93. The van der Waals surface area contributed by atoms with Gasteiger partial charge in [-0.05, 0) is 73.2 Å². The highest BCUT2D eigenvalue weighted by Gasteiger charge is 2.39. The second-order valence-corrected chi connectivity index (χ2v) is 9.10. The summed E-state index contributed by atoms with van der Waals surface area (Å²) in [4.78, 5) is 48.9. The van der Waals surface area contributed by atoms with Gasteiger partial charge in [0.1, 0.15) is 11.9 Å². The lowest BCUT2D eigenvalue weighted by molar-refractivity contribution is -0.137. The van der Waals surface area contributed by atoms with Gasteiger partial charge in [0, 0.05) is 25.1 Å². The van der Waals surface area contributed by atoms with Crippen LogP contribution in [0.25, 0.3) is 0 Å². The van der Waals surface area contributed by atoms with Crippen molar-refractivity contribution in [2.45, 2.75) is 50.7 Å². The summed E-state index contributed by atoms with van der Waals surface area (Å²) >= 11 is 0. The molecule has 3 heterocycles. The molecular formula is C26H28FN3O5. The number of hydrogen-bond donors (Lipinski definition) is 2. The molecule has 35 heavy (non-hydrogen) atoms. The van der Waals surface area contributed by atoms with Crippen LogP contribution in [0, 0.1) is 5.82 Å². The van der Waals surface area contributed by atoms with Gasteiger partial charge in [-0.3, -0.25) is 29.4 Å². The van der Waals surface area contributed by atoms with Crippen molar-refractivity contribution in [3.63, 3.8) is 0 Å². The fourth-order valence-corrected chi connectivity index (χ4v) is 5.12. The first-order chi connectivity index (χ1) is 16.9. The SMILES string of the molecule is O=C1CCC(N2Cc3cc(C4CCN(Cc5ccc(F)cc5)CC4)ccc3C2=O)C(=O)N1.O=CO. The third-order valence-electron chi connectivity index (χ3n) is 6.93. The van der Waals surface area contributed by atoms with E-state index in [0.717, 1.165) is 43.6 Å². The lowest BCUT2D eigenvalue weighted by atomic mass is 9.87. The fraction of sp³-hybridized carbons (Fsp3) is 0.385. The second-order valence-electron chi connectivity index (χ2n) is 9.10. The molecule has 3 aliphatic rings. The normalized spacial score (nSPS) is 20.7. The Morgan fingerprint density at radius 2 is 1.71 bits per heavy atom. The molecule has 1 unspecified atom stereocenters. The number of hydrogen-bond acceptors (Lipinski definition) is 5. The van der Waals surface area contributed by atoms with Crippen LogP contribution in [0.15, 0.2) is 42.5 Å². The van der Waals surface area contributed by atoms with Gasteiger partial charge in [-0.1, -0.05) is 24.3 Å². The number of carbonyl (C=O) groups is 4. The Kier molecular flexibility index (Phi) is 7.55. The first-order valence-corrected chi connectivity index (χ1v) is 11.7. The largest absolute Gasteiger partial charge is 0.483 e. The average molecular weight is 482 g/mol. The molecule has 0 radical (unpaired) electrons. The van der Waals surface area contributed by atoms with Crippen LogP contribution in [0.4, 0.5) is 4.39 Å².